The Labute approximate surface area is 137 Å². The van der Waals surface area contributed by atoms with E-state index < -0.39 is 20.4 Å². The molecule has 3 atom stereocenters. The number of carbonyl (C=O) groups excluding carboxylic acids is 1. The Bertz CT molecular complexity index is 782. The van der Waals surface area contributed by atoms with Crippen molar-refractivity contribution in [2.45, 2.75) is 25.1 Å². The number of nitrogen functional groups attached to an aromatic ring is 1. The van der Waals surface area contributed by atoms with Gasteiger partial charge in [0, 0.05) is 6.54 Å². The second-order valence-corrected chi connectivity index (χ2v) is 6.20. The molecule has 11 nitrogen and oxygen atoms in total. The quantitative estimate of drug-likeness (QED) is 0.558. The first-order valence-corrected chi connectivity index (χ1v) is 8.47. The number of amides is 1. The third kappa shape index (κ3) is 3.24. The van der Waals surface area contributed by atoms with Crippen molar-refractivity contribution in [1.29, 1.82) is 0 Å². The molecule has 24 heavy (non-hydrogen) atoms. The Morgan fingerprint density at radius 1 is 1.46 bits per heavy atom. The van der Waals surface area contributed by atoms with E-state index in [4.69, 9.17) is 15.2 Å². The van der Waals surface area contributed by atoms with Crippen LogP contribution in [0.15, 0.2) is 12.7 Å². The van der Waals surface area contributed by atoms with E-state index in [9.17, 15) is 14.5 Å². The molecule has 1 unspecified atom stereocenters. The van der Waals surface area contributed by atoms with Crippen LogP contribution in [0.4, 0.5) is 5.82 Å². The second-order valence-electron chi connectivity index (χ2n) is 5.43. The zero-order valence-corrected chi connectivity index (χ0v) is 13.6. The molecule has 2 aromatic rings. The monoisotopic (exact) mass is 356 g/mol. The summed E-state index contributed by atoms with van der Waals surface area (Å²) in [7, 11) is -3.10. The molecule has 3 rings (SSSR count). The number of imidazole rings is 1. The van der Waals surface area contributed by atoms with Gasteiger partial charge in [0.05, 0.1) is 25.1 Å². The van der Waals surface area contributed by atoms with Crippen LogP contribution in [0.5, 0.6) is 0 Å². The summed E-state index contributed by atoms with van der Waals surface area (Å²) in [5.41, 5.74) is 6.55. The molecular formula is C12H17N6O5P. The van der Waals surface area contributed by atoms with Crippen LogP contribution < -0.4 is 5.73 Å². The fraction of sp³-hybridized carbons (Fsp3) is 0.500. The smallest absolute Gasteiger partial charge is 0.316 e. The number of nitrogens with two attached hydrogens (primary N) is 1. The Balaban J connectivity index is 1.76. The number of aromatic nitrogens is 4. The molecular weight excluding hydrogens is 339 g/mol. The molecule has 2 aromatic heterocycles. The third-order valence-electron chi connectivity index (χ3n) is 3.91. The Morgan fingerprint density at radius 2 is 2.25 bits per heavy atom. The molecule has 1 aliphatic rings. The Kier molecular flexibility index (Phi) is 4.76. The number of anilines is 1. The molecule has 0 bridgehead atoms. The van der Waals surface area contributed by atoms with E-state index in [2.05, 4.69) is 15.0 Å². The number of carbonyl (C=O) groups is 1. The fourth-order valence-electron chi connectivity index (χ4n) is 2.83. The van der Waals surface area contributed by atoms with Crippen molar-refractivity contribution < 1.29 is 23.9 Å². The molecule has 1 fully saturated rings. The summed E-state index contributed by atoms with van der Waals surface area (Å²) in [5.74, 6) is -0.0589. The fourth-order valence-corrected chi connectivity index (χ4v) is 3.29. The van der Waals surface area contributed by atoms with E-state index in [0.29, 0.717) is 17.6 Å². The first-order chi connectivity index (χ1) is 11.5. The van der Waals surface area contributed by atoms with E-state index in [1.54, 1.807) is 0 Å². The van der Waals surface area contributed by atoms with E-state index in [1.807, 2.05) is 0 Å². The van der Waals surface area contributed by atoms with Gasteiger partial charge in [-0.25, -0.2) is 15.0 Å². The van der Waals surface area contributed by atoms with Gasteiger partial charge in [-0.3, -0.25) is 9.36 Å². The first-order valence-electron chi connectivity index (χ1n) is 7.20. The van der Waals surface area contributed by atoms with Crippen molar-refractivity contribution in [3.8, 4) is 0 Å². The second kappa shape index (κ2) is 6.81. The number of rotatable bonds is 5. The molecule has 1 aliphatic heterocycles. The number of nitrogens with zero attached hydrogens (tertiary/aromatic N) is 5. The van der Waals surface area contributed by atoms with Crippen molar-refractivity contribution in [3.63, 3.8) is 0 Å². The minimum absolute atomic E-state index is 0.0511. The Morgan fingerprint density at radius 3 is 2.96 bits per heavy atom. The van der Waals surface area contributed by atoms with Crippen LogP contribution in [-0.4, -0.2) is 65.6 Å². The number of aliphatic hydroxyl groups excluding tert-OH is 1. The predicted molar refractivity (Wildman–Crippen MR) is 83.0 cm³/mol. The van der Waals surface area contributed by atoms with Crippen molar-refractivity contribution in [2.75, 3.05) is 18.9 Å². The molecule has 130 valence electrons. The van der Waals surface area contributed by atoms with Crippen molar-refractivity contribution in [2.24, 2.45) is 0 Å². The van der Waals surface area contributed by atoms with Crippen LogP contribution in [0.25, 0.3) is 11.2 Å². The van der Waals surface area contributed by atoms with Crippen LogP contribution in [0.3, 0.4) is 0 Å². The molecule has 4 N–H and O–H groups in total. The Hall–Kier alpha value is -2.07. The SMILES string of the molecule is Nc1ncnc2c1ncn2CC(=O)N1C[C@H](O[PH](=O)O)C[C@H]1CO. The van der Waals surface area contributed by atoms with Gasteiger partial charge in [-0.2, -0.15) is 0 Å². The maximum absolute atomic E-state index is 12.5. The van der Waals surface area contributed by atoms with Gasteiger partial charge in [0.15, 0.2) is 11.5 Å². The number of fused-ring (bicyclic) bond motifs is 1. The van der Waals surface area contributed by atoms with Crippen LogP contribution in [0.1, 0.15) is 6.42 Å². The van der Waals surface area contributed by atoms with Gasteiger partial charge < -0.3 is 29.7 Å². The summed E-state index contributed by atoms with van der Waals surface area (Å²) >= 11 is 0. The van der Waals surface area contributed by atoms with Crippen LogP contribution >= 0.6 is 8.25 Å². The van der Waals surface area contributed by atoms with E-state index in [-0.39, 0.29) is 31.4 Å². The minimum Gasteiger partial charge on any atom is -0.394 e. The highest BCUT2D eigenvalue weighted by Crippen LogP contribution is 2.28. The van der Waals surface area contributed by atoms with Gasteiger partial charge in [-0.15, -0.1) is 0 Å². The molecule has 0 aliphatic carbocycles. The molecule has 1 amide bonds. The summed E-state index contributed by atoms with van der Waals surface area (Å²) in [5, 5.41) is 9.43. The maximum Gasteiger partial charge on any atom is 0.316 e. The van der Waals surface area contributed by atoms with Crippen LogP contribution in [-0.2, 0) is 20.4 Å². The lowest BCUT2D eigenvalue weighted by atomic mass is 10.2. The summed E-state index contributed by atoms with van der Waals surface area (Å²) in [6, 6.07) is -0.460. The standard InChI is InChI=1S/C12H17N6O5P/c13-11-10-12(15-5-14-11)17(6-16-10)3-9(20)18-2-8(23-24(21)22)1-7(18)4-19/h5-8,19,24H,1-4H2,(H,21,22)(H2,13,14,15)/t7-,8+/m0/s1. The van der Waals surface area contributed by atoms with Crippen molar-refractivity contribution >= 4 is 31.1 Å². The lowest BCUT2D eigenvalue weighted by Gasteiger charge is -2.22. The highest BCUT2D eigenvalue weighted by Gasteiger charge is 2.36. The number of aliphatic hydroxyl groups is 1. The molecule has 12 heteroatoms. The van der Waals surface area contributed by atoms with Gasteiger partial charge in [-0.1, -0.05) is 0 Å². The molecule has 0 saturated carbocycles. The summed E-state index contributed by atoms with van der Waals surface area (Å²) in [6.45, 7) is -0.160. The van der Waals surface area contributed by atoms with E-state index in [1.165, 1.54) is 22.1 Å². The molecule has 1 saturated heterocycles. The summed E-state index contributed by atoms with van der Waals surface area (Å²) < 4.78 is 17.2. The number of likely N-dealkylation sites (tertiary alicyclic amines) is 1. The summed E-state index contributed by atoms with van der Waals surface area (Å²) in [6.07, 6.45) is 2.46. The zero-order valence-electron chi connectivity index (χ0n) is 12.6. The topological polar surface area (TPSA) is 157 Å². The van der Waals surface area contributed by atoms with Crippen LogP contribution in [0.2, 0.25) is 0 Å². The molecule has 0 aromatic carbocycles. The van der Waals surface area contributed by atoms with Gasteiger partial charge in [0.25, 0.3) is 0 Å². The van der Waals surface area contributed by atoms with Crippen molar-refractivity contribution in [1.82, 2.24) is 24.4 Å². The molecule has 3 heterocycles. The molecule has 0 radical (unpaired) electrons. The summed E-state index contributed by atoms with van der Waals surface area (Å²) in [4.78, 5) is 34.8. The lowest BCUT2D eigenvalue weighted by molar-refractivity contribution is -0.133. The number of hydrogen-bond donors (Lipinski definition) is 3. The van der Waals surface area contributed by atoms with Gasteiger partial charge in [0.2, 0.25) is 5.91 Å². The normalized spacial score (nSPS) is 22.2. The van der Waals surface area contributed by atoms with Crippen LogP contribution in [0, 0.1) is 0 Å². The van der Waals surface area contributed by atoms with Gasteiger partial charge in [0.1, 0.15) is 18.4 Å². The first kappa shape index (κ1) is 16.8. The third-order valence-corrected chi connectivity index (χ3v) is 4.44. The average molecular weight is 356 g/mol. The highest BCUT2D eigenvalue weighted by molar-refractivity contribution is 7.32. The average Bonchev–Trinajstić information content (AvgIpc) is 3.12. The minimum atomic E-state index is -3.10. The van der Waals surface area contributed by atoms with Gasteiger partial charge >= 0.3 is 8.25 Å². The zero-order chi connectivity index (χ0) is 17.3. The largest absolute Gasteiger partial charge is 0.394 e. The van der Waals surface area contributed by atoms with Gasteiger partial charge in [-0.05, 0) is 6.42 Å². The lowest BCUT2D eigenvalue weighted by Crippen LogP contribution is -2.39. The maximum atomic E-state index is 12.5. The van der Waals surface area contributed by atoms with Crippen molar-refractivity contribution in [3.05, 3.63) is 12.7 Å². The molecule has 0 spiro atoms. The predicted octanol–water partition coefficient (Wildman–Crippen LogP) is -1.23. The highest BCUT2D eigenvalue weighted by atomic mass is 31.1. The van der Waals surface area contributed by atoms with E-state index in [0.717, 1.165) is 0 Å². The van der Waals surface area contributed by atoms with E-state index >= 15 is 0 Å². The number of hydrogen-bond acceptors (Lipinski definition) is 8.